The molecule has 0 aliphatic rings. The molecule has 0 saturated carbocycles. The lowest BCUT2D eigenvalue weighted by molar-refractivity contribution is 0.422. The van der Waals surface area contributed by atoms with Gasteiger partial charge in [-0.1, -0.05) is 26.2 Å². The number of hydrogen-bond donors (Lipinski definition) is 1. The third kappa shape index (κ3) is 7.79. The Balaban J connectivity index is 3.02. The van der Waals surface area contributed by atoms with Crippen LogP contribution in [0, 0.1) is 0 Å². The largest absolute Gasteiger partial charge is 0.312 e. The van der Waals surface area contributed by atoms with Crippen molar-refractivity contribution in [1.82, 2.24) is 5.32 Å². The maximum Gasteiger partial charge on any atom is 0.102 e. The van der Waals surface area contributed by atoms with E-state index in [1.54, 1.807) is 0 Å². The Labute approximate surface area is 69.4 Å². The lowest BCUT2D eigenvalue weighted by atomic mass is 10.1. The van der Waals surface area contributed by atoms with Gasteiger partial charge in [0.05, 0.1) is 0 Å². The van der Waals surface area contributed by atoms with Crippen molar-refractivity contribution in [3.05, 3.63) is 0 Å². The summed E-state index contributed by atoms with van der Waals surface area (Å²) in [7, 11) is 0. The Bertz CT molecular complexity index is 76.0. The predicted octanol–water partition coefficient (Wildman–Crippen LogP) is 2.51. The number of unbranched alkanes of at least 4 members (excludes halogenated alkanes) is 2. The van der Waals surface area contributed by atoms with Gasteiger partial charge in [0, 0.05) is 12.6 Å². The van der Waals surface area contributed by atoms with Gasteiger partial charge in [-0.15, -0.1) is 0 Å². The van der Waals surface area contributed by atoms with E-state index in [0.29, 0.717) is 12.6 Å². The second-order valence-electron chi connectivity index (χ2n) is 3.04. The quantitative estimate of drug-likeness (QED) is 0.566. The minimum absolute atomic E-state index is 0.252. The number of halogens is 1. The molecule has 0 rings (SSSR count). The second kappa shape index (κ2) is 7.99. The first-order valence-corrected chi connectivity index (χ1v) is 4.60. The van der Waals surface area contributed by atoms with Crippen LogP contribution < -0.4 is 5.32 Å². The van der Waals surface area contributed by atoms with E-state index in [4.69, 9.17) is 0 Å². The third-order valence-electron chi connectivity index (χ3n) is 1.83. The van der Waals surface area contributed by atoms with E-state index in [1.807, 2.05) is 0 Å². The molecule has 0 aromatic heterocycles. The lowest BCUT2D eigenvalue weighted by Gasteiger charge is -2.11. The molecule has 0 unspecified atom stereocenters. The van der Waals surface area contributed by atoms with E-state index in [9.17, 15) is 4.39 Å². The van der Waals surface area contributed by atoms with Gasteiger partial charge in [0.2, 0.25) is 0 Å². The summed E-state index contributed by atoms with van der Waals surface area (Å²) in [6.07, 6.45) is 4.99. The first kappa shape index (κ1) is 10.9. The van der Waals surface area contributed by atoms with Crippen LogP contribution in [0.5, 0.6) is 0 Å². The molecule has 0 aliphatic heterocycles. The van der Waals surface area contributed by atoms with Crippen molar-refractivity contribution < 1.29 is 4.39 Å². The molecule has 1 N–H and O–H groups in total. The van der Waals surface area contributed by atoms with Gasteiger partial charge in [0.25, 0.3) is 0 Å². The highest BCUT2D eigenvalue weighted by Gasteiger charge is 1.98. The fraction of sp³-hybridized carbons (Fsp3) is 1.00. The van der Waals surface area contributed by atoms with E-state index >= 15 is 0 Å². The average Bonchev–Trinajstić information content (AvgIpc) is 2.01. The zero-order valence-electron chi connectivity index (χ0n) is 7.70. The van der Waals surface area contributed by atoms with Crippen molar-refractivity contribution in [1.29, 1.82) is 0 Å². The molecule has 0 bridgehead atoms. The van der Waals surface area contributed by atoms with Gasteiger partial charge in [-0.05, 0) is 13.3 Å². The van der Waals surface area contributed by atoms with E-state index in [2.05, 4.69) is 19.2 Å². The van der Waals surface area contributed by atoms with Crippen LogP contribution in [0.1, 0.15) is 39.5 Å². The van der Waals surface area contributed by atoms with Crippen molar-refractivity contribution in [3.8, 4) is 0 Å². The molecule has 0 amide bonds. The second-order valence-corrected chi connectivity index (χ2v) is 3.04. The first-order chi connectivity index (χ1) is 5.31. The molecule has 68 valence electrons. The van der Waals surface area contributed by atoms with Crippen molar-refractivity contribution in [2.75, 3.05) is 13.2 Å². The van der Waals surface area contributed by atoms with E-state index in [1.165, 1.54) is 25.7 Å². The fourth-order valence-corrected chi connectivity index (χ4v) is 1.10. The Morgan fingerprint density at radius 3 is 2.64 bits per heavy atom. The van der Waals surface area contributed by atoms with Crippen LogP contribution in [0.4, 0.5) is 4.39 Å². The summed E-state index contributed by atoms with van der Waals surface area (Å²) >= 11 is 0. The number of alkyl halides is 1. The monoisotopic (exact) mass is 161 g/mol. The van der Waals surface area contributed by atoms with Crippen LogP contribution in [-0.4, -0.2) is 19.3 Å². The molecule has 11 heavy (non-hydrogen) atoms. The highest BCUT2D eigenvalue weighted by Crippen LogP contribution is 2.02. The molecule has 0 aliphatic carbocycles. The van der Waals surface area contributed by atoms with Crippen LogP contribution >= 0.6 is 0 Å². The minimum atomic E-state index is -0.252. The molecule has 0 aromatic carbocycles. The molecular formula is C9H20FN. The number of rotatable bonds is 7. The van der Waals surface area contributed by atoms with Gasteiger partial charge in [0.15, 0.2) is 0 Å². The fourth-order valence-electron chi connectivity index (χ4n) is 1.10. The van der Waals surface area contributed by atoms with E-state index in [0.717, 1.165) is 0 Å². The topological polar surface area (TPSA) is 12.0 Å². The molecule has 0 radical (unpaired) electrons. The van der Waals surface area contributed by atoms with Gasteiger partial charge < -0.3 is 5.32 Å². The summed E-state index contributed by atoms with van der Waals surface area (Å²) in [4.78, 5) is 0. The molecule has 1 atom stereocenters. The highest BCUT2D eigenvalue weighted by molar-refractivity contribution is 4.59. The Morgan fingerprint density at radius 2 is 2.09 bits per heavy atom. The molecule has 0 fully saturated rings. The summed E-state index contributed by atoms with van der Waals surface area (Å²) < 4.78 is 11.7. The summed E-state index contributed by atoms with van der Waals surface area (Å²) in [6, 6.07) is 0.484. The van der Waals surface area contributed by atoms with Crippen molar-refractivity contribution in [2.24, 2.45) is 0 Å². The summed E-state index contributed by atoms with van der Waals surface area (Å²) in [5.41, 5.74) is 0. The molecule has 0 saturated heterocycles. The molecule has 2 heteroatoms. The predicted molar refractivity (Wildman–Crippen MR) is 47.6 cm³/mol. The van der Waals surface area contributed by atoms with Crippen molar-refractivity contribution in [3.63, 3.8) is 0 Å². The maximum atomic E-state index is 11.7. The lowest BCUT2D eigenvalue weighted by Crippen LogP contribution is -2.27. The Morgan fingerprint density at radius 1 is 1.36 bits per heavy atom. The number of nitrogens with one attached hydrogen (secondary N) is 1. The maximum absolute atomic E-state index is 11.7. The molecule has 0 heterocycles. The first-order valence-electron chi connectivity index (χ1n) is 4.60. The molecule has 0 aromatic rings. The molecular weight excluding hydrogens is 141 g/mol. The van der Waals surface area contributed by atoms with Crippen LogP contribution in [0.25, 0.3) is 0 Å². The standard InChI is InChI=1S/C9H20FN/c1-3-4-5-6-9(2)11-8-7-10/h9,11H,3-8H2,1-2H3/t9-/m1/s1. The van der Waals surface area contributed by atoms with Gasteiger partial charge >= 0.3 is 0 Å². The van der Waals surface area contributed by atoms with Gasteiger partial charge in [-0.25, -0.2) is 4.39 Å². The smallest absolute Gasteiger partial charge is 0.102 e. The number of hydrogen-bond acceptors (Lipinski definition) is 1. The van der Waals surface area contributed by atoms with Gasteiger partial charge in [-0.3, -0.25) is 0 Å². The van der Waals surface area contributed by atoms with E-state index in [-0.39, 0.29) is 6.67 Å². The molecule has 0 spiro atoms. The third-order valence-corrected chi connectivity index (χ3v) is 1.83. The highest BCUT2D eigenvalue weighted by atomic mass is 19.1. The minimum Gasteiger partial charge on any atom is -0.312 e. The van der Waals surface area contributed by atoms with Crippen LogP contribution in [0.2, 0.25) is 0 Å². The summed E-state index contributed by atoms with van der Waals surface area (Å²) in [6.45, 7) is 4.57. The summed E-state index contributed by atoms with van der Waals surface area (Å²) in [5, 5.41) is 3.12. The van der Waals surface area contributed by atoms with Gasteiger partial charge in [0.1, 0.15) is 6.67 Å². The average molecular weight is 161 g/mol. The zero-order chi connectivity index (χ0) is 8.53. The SMILES string of the molecule is CCCCC[C@@H](C)NCCF. The van der Waals surface area contributed by atoms with Crippen LogP contribution in [-0.2, 0) is 0 Å². The Hall–Kier alpha value is -0.110. The Kier molecular flexibility index (Phi) is 7.91. The summed E-state index contributed by atoms with van der Waals surface area (Å²) in [5.74, 6) is 0. The van der Waals surface area contributed by atoms with Crippen molar-refractivity contribution >= 4 is 0 Å². The van der Waals surface area contributed by atoms with E-state index < -0.39 is 0 Å². The van der Waals surface area contributed by atoms with Crippen LogP contribution in [0.3, 0.4) is 0 Å². The zero-order valence-corrected chi connectivity index (χ0v) is 7.70. The van der Waals surface area contributed by atoms with Crippen molar-refractivity contribution in [2.45, 2.75) is 45.6 Å². The molecule has 1 nitrogen and oxygen atoms in total. The normalized spacial score (nSPS) is 13.4. The van der Waals surface area contributed by atoms with Gasteiger partial charge in [-0.2, -0.15) is 0 Å². The van der Waals surface area contributed by atoms with Crippen LogP contribution in [0.15, 0.2) is 0 Å².